The lowest BCUT2D eigenvalue weighted by Crippen LogP contribution is -2.26. The molecule has 0 heterocycles. The van der Waals surface area contributed by atoms with Crippen LogP contribution >= 0.6 is 0 Å². The third kappa shape index (κ3) is 5.31. The molecular formula is C15H25NO. The molecular weight excluding hydrogens is 210 g/mol. The van der Waals surface area contributed by atoms with Crippen LogP contribution in [-0.4, -0.2) is 18.9 Å². The van der Waals surface area contributed by atoms with Crippen molar-refractivity contribution in [2.45, 2.75) is 46.0 Å². The summed E-state index contributed by atoms with van der Waals surface area (Å²) in [5.74, 6) is 1.02. The van der Waals surface area contributed by atoms with Gasteiger partial charge in [-0.15, -0.1) is 0 Å². The first-order valence-corrected chi connectivity index (χ1v) is 6.88. The summed E-state index contributed by atoms with van der Waals surface area (Å²) in [5, 5.41) is 3.26. The van der Waals surface area contributed by atoms with Gasteiger partial charge in [-0.25, -0.2) is 0 Å². The predicted octanol–water partition coefficient (Wildman–Crippen LogP) is 3.25. The van der Waals surface area contributed by atoms with E-state index in [-0.39, 0.29) is 5.78 Å². The van der Waals surface area contributed by atoms with Crippen LogP contribution in [0.4, 0.5) is 0 Å². The van der Waals surface area contributed by atoms with Crippen LogP contribution in [0.5, 0.6) is 0 Å². The molecule has 1 N–H and O–H groups in total. The fraction of sp³-hybridized carbons (Fsp3) is 0.667. The first-order chi connectivity index (χ1) is 8.27. The van der Waals surface area contributed by atoms with E-state index in [1.165, 1.54) is 19.3 Å². The smallest absolute Gasteiger partial charge is 0.176 e. The van der Waals surface area contributed by atoms with Crippen molar-refractivity contribution in [3.8, 4) is 0 Å². The van der Waals surface area contributed by atoms with Gasteiger partial charge in [0, 0.05) is 5.57 Å². The minimum absolute atomic E-state index is 0.227. The van der Waals surface area contributed by atoms with Crippen molar-refractivity contribution in [2.24, 2.45) is 5.92 Å². The minimum atomic E-state index is 0.227. The largest absolute Gasteiger partial charge is 0.310 e. The molecule has 1 aliphatic carbocycles. The Hall–Kier alpha value is -0.890. The van der Waals surface area contributed by atoms with E-state index in [2.05, 4.69) is 25.2 Å². The zero-order chi connectivity index (χ0) is 12.5. The molecule has 0 aromatic rings. The van der Waals surface area contributed by atoms with Gasteiger partial charge in [-0.1, -0.05) is 44.9 Å². The second kappa shape index (κ2) is 8.24. The van der Waals surface area contributed by atoms with E-state index in [4.69, 9.17) is 0 Å². The maximum atomic E-state index is 11.8. The normalized spacial score (nSPS) is 15.1. The molecule has 0 unspecified atom stereocenters. The summed E-state index contributed by atoms with van der Waals surface area (Å²) in [6, 6.07) is 0. The number of carbonyl (C=O) groups excluding carboxylic acids is 1. The van der Waals surface area contributed by atoms with Gasteiger partial charge in [-0.3, -0.25) is 4.79 Å². The highest BCUT2D eigenvalue weighted by atomic mass is 16.1. The molecule has 96 valence electrons. The predicted molar refractivity (Wildman–Crippen MR) is 73.0 cm³/mol. The lowest BCUT2D eigenvalue weighted by molar-refractivity contribution is -0.114. The topological polar surface area (TPSA) is 29.1 Å². The fourth-order valence-corrected chi connectivity index (χ4v) is 2.13. The van der Waals surface area contributed by atoms with Gasteiger partial charge in [0.1, 0.15) is 0 Å². The molecule has 0 amide bonds. The number of hydrogen-bond acceptors (Lipinski definition) is 2. The van der Waals surface area contributed by atoms with Crippen molar-refractivity contribution in [3.05, 3.63) is 23.8 Å². The highest BCUT2D eigenvalue weighted by molar-refractivity contribution is 5.99. The Morgan fingerprint density at radius 3 is 2.71 bits per heavy atom. The van der Waals surface area contributed by atoms with Crippen LogP contribution in [0.25, 0.3) is 0 Å². The van der Waals surface area contributed by atoms with E-state index >= 15 is 0 Å². The van der Waals surface area contributed by atoms with Gasteiger partial charge >= 0.3 is 0 Å². The van der Waals surface area contributed by atoms with Gasteiger partial charge < -0.3 is 5.32 Å². The summed E-state index contributed by atoms with van der Waals surface area (Å²) in [5.41, 5.74) is 0.881. The summed E-state index contributed by atoms with van der Waals surface area (Å²) >= 11 is 0. The van der Waals surface area contributed by atoms with Crippen molar-refractivity contribution in [2.75, 3.05) is 13.1 Å². The first-order valence-electron chi connectivity index (χ1n) is 6.88. The molecule has 0 radical (unpaired) electrons. The molecule has 0 aromatic heterocycles. The molecule has 1 aliphatic rings. The van der Waals surface area contributed by atoms with Gasteiger partial charge in [-0.2, -0.15) is 0 Å². The fourth-order valence-electron chi connectivity index (χ4n) is 2.13. The summed E-state index contributed by atoms with van der Waals surface area (Å²) in [4.78, 5) is 11.8. The Morgan fingerprint density at radius 2 is 2.12 bits per heavy atom. The lowest BCUT2D eigenvalue weighted by atomic mass is 9.99. The zero-order valence-corrected chi connectivity index (χ0v) is 11.2. The van der Waals surface area contributed by atoms with Crippen LogP contribution in [0, 0.1) is 5.92 Å². The summed E-state index contributed by atoms with van der Waals surface area (Å²) < 4.78 is 0. The Bertz CT molecular complexity index is 287. The van der Waals surface area contributed by atoms with E-state index in [1.54, 1.807) is 0 Å². The van der Waals surface area contributed by atoms with Gasteiger partial charge in [0.05, 0.1) is 6.54 Å². The maximum Gasteiger partial charge on any atom is 0.176 e. The summed E-state index contributed by atoms with van der Waals surface area (Å²) in [7, 11) is 0. The Balaban J connectivity index is 2.16. The highest BCUT2D eigenvalue weighted by Gasteiger charge is 2.08. The van der Waals surface area contributed by atoms with Crippen molar-refractivity contribution in [3.63, 3.8) is 0 Å². The van der Waals surface area contributed by atoms with Crippen LogP contribution in [0.15, 0.2) is 23.8 Å². The molecule has 0 bridgehead atoms. The third-order valence-electron chi connectivity index (χ3n) is 3.49. The van der Waals surface area contributed by atoms with Crippen molar-refractivity contribution >= 4 is 5.78 Å². The summed E-state index contributed by atoms with van der Waals surface area (Å²) in [6.45, 7) is 5.90. The number of nitrogens with one attached hydrogen (secondary N) is 1. The molecule has 2 nitrogen and oxygen atoms in total. The van der Waals surface area contributed by atoms with Crippen molar-refractivity contribution in [1.29, 1.82) is 0 Å². The average molecular weight is 235 g/mol. The van der Waals surface area contributed by atoms with Crippen LogP contribution in [0.3, 0.4) is 0 Å². The van der Waals surface area contributed by atoms with Crippen LogP contribution in [0.2, 0.25) is 0 Å². The van der Waals surface area contributed by atoms with Crippen LogP contribution in [-0.2, 0) is 4.79 Å². The molecule has 1 rings (SSSR count). The summed E-state index contributed by atoms with van der Waals surface area (Å²) in [6.07, 6.45) is 11.8. The van der Waals surface area contributed by atoms with E-state index in [9.17, 15) is 4.79 Å². The van der Waals surface area contributed by atoms with E-state index in [1.807, 2.05) is 12.2 Å². The molecule has 0 saturated carbocycles. The van der Waals surface area contributed by atoms with E-state index < -0.39 is 0 Å². The Kier molecular flexibility index (Phi) is 6.87. The molecule has 17 heavy (non-hydrogen) atoms. The standard InChI is InChI=1S/C15H25NO/c1-3-13(4-2)10-11-16-12-15(17)14-8-6-5-7-9-14/h6,8-9,13,16H,3-5,7,10-12H2,1-2H3. The number of hydrogen-bond donors (Lipinski definition) is 1. The second-order valence-corrected chi connectivity index (χ2v) is 4.71. The lowest BCUT2D eigenvalue weighted by Gasteiger charge is -2.12. The van der Waals surface area contributed by atoms with Gasteiger partial charge in [0.25, 0.3) is 0 Å². The van der Waals surface area contributed by atoms with Crippen LogP contribution < -0.4 is 5.32 Å². The van der Waals surface area contributed by atoms with Crippen molar-refractivity contribution in [1.82, 2.24) is 5.32 Å². The van der Waals surface area contributed by atoms with Crippen LogP contribution in [0.1, 0.15) is 46.0 Å². The molecule has 0 saturated heterocycles. The molecule has 0 fully saturated rings. The van der Waals surface area contributed by atoms with Gasteiger partial charge in [0.15, 0.2) is 5.78 Å². The highest BCUT2D eigenvalue weighted by Crippen LogP contribution is 2.12. The third-order valence-corrected chi connectivity index (χ3v) is 3.49. The molecule has 0 atom stereocenters. The molecule has 0 aromatic carbocycles. The quantitative estimate of drug-likeness (QED) is 0.654. The second-order valence-electron chi connectivity index (χ2n) is 4.71. The van der Waals surface area contributed by atoms with E-state index in [0.29, 0.717) is 6.54 Å². The Morgan fingerprint density at radius 1 is 1.35 bits per heavy atom. The molecule has 0 aliphatic heterocycles. The minimum Gasteiger partial charge on any atom is -0.310 e. The van der Waals surface area contributed by atoms with Gasteiger partial charge in [-0.05, 0) is 31.7 Å². The first kappa shape index (κ1) is 14.2. The molecule has 0 spiro atoms. The average Bonchev–Trinajstić information content (AvgIpc) is 2.40. The monoisotopic (exact) mass is 235 g/mol. The maximum absolute atomic E-state index is 11.8. The molecule has 2 heteroatoms. The zero-order valence-electron chi connectivity index (χ0n) is 11.2. The number of allylic oxidation sites excluding steroid dienone is 3. The Labute approximate surface area is 105 Å². The SMILES string of the molecule is CCC(CC)CCNCC(=O)C1=CCCC=C1. The number of rotatable bonds is 8. The number of ketones is 1. The van der Waals surface area contributed by atoms with Crippen molar-refractivity contribution < 1.29 is 4.79 Å². The van der Waals surface area contributed by atoms with E-state index in [0.717, 1.165) is 30.9 Å². The van der Waals surface area contributed by atoms with Gasteiger partial charge in [0.2, 0.25) is 0 Å². The number of Topliss-reactive ketones (excluding diaryl/α,β-unsaturated/α-hetero) is 1. The number of carbonyl (C=O) groups is 1.